The van der Waals surface area contributed by atoms with E-state index in [0.29, 0.717) is 18.0 Å². The van der Waals surface area contributed by atoms with Crippen LogP contribution in [0, 0.1) is 0 Å². The fourth-order valence-electron chi connectivity index (χ4n) is 1.83. The third kappa shape index (κ3) is 6.29. The van der Waals surface area contributed by atoms with Gasteiger partial charge in [0.15, 0.2) is 0 Å². The highest BCUT2D eigenvalue weighted by atomic mass is 35.5. The van der Waals surface area contributed by atoms with Crippen LogP contribution in [0.3, 0.4) is 0 Å². The van der Waals surface area contributed by atoms with Crippen molar-refractivity contribution in [3.8, 4) is 0 Å². The molecule has 3 N–H and O–H groups in total. The van der Waals surface area contributed by atoms with Crippen LogP contribution >= 0.6 is 11.6 Å². The molecular weight excluding hydrogens is 274 g/mol. The van der Waals surface area contributed by atoms with Crippen LogP contribution in [-0.2, 0) is 0 Å². The maximum atomic E-state index is 12.3. The maximum Gasteiger partial charge on any atom is 0.251 e. The molecule has 0 aliphatic rings. The SMILES string of the molecule is NC(CCN(CCO)CC(F)F)c1ccc(Cl)cc1. The lowest BCUT2D eigenvalue weighted by molar-refractivity contribution is 0.0768. The molecule has 0 saturated carbocycles. The summed E-state index contributed by atoms with van der Waals surface area (Å²) in [6.45, 7) is 0.184. The quantitative estimate of drug-likeness (QED) is 0.773. The summed E-state index contributed by atoms with van der Waals surface area (Å²) in [7, 11) is 0. The first-order valence-corrected chi connectivity index (χ1v) is 6.53. The molecule has 0 aromatic heterocycles. The van der Waals surface area contributed by atoms with Crippen molar-refractivity contribution in [2.45, 2.75) is 18.9 Å². The molecule has 1 rings (SSSR count). The number of hydrogen-bond donors (Lipinski definition) is 2. The van der Waals surface area contributed by atoms with Crippen LogP contribution in [0.2, 0.25) is 5.02 Å². The van der Waals surface area contributed by atoms with E-state index in [9.17, 15) is 8.78 Å². The molecule has 0 amide bonds. The molecule has 108 valence electrons. The second kappa shape index (κ2) is 8.43. The van der Waals surface area contributed by atoms with Gasteiger partial charge >= 0.3 is 0 Å². The number of hydrogen-bond acceptors (Lipinski definition) is 3. The second-order valence-electron chi connectivity index (χ2n) is 4.36. The van der Waals surface area contributed by atoms with Crippen molar-refractivity contribution in [3.63, 3.8) is 0 Å². The van der Waals surface area contributed by atoms with Gasteiger partial charge in [0.1, 0.15) is 0 Å². The number of nitrogens with two attached hydrogens (primary N) is 1. The topological polar surface area (TPSA) is 49.5 Å². The van der Waals surface area contributed by atoms with E-state index in [-0.39, 0.29) is 25.7 Å². The molecule has 6 heteroatoms. The number of alkyl halides is 2. The van der Waals surface area contributed by atoms with Gasteiger partial charge in [-0.2, -0.15) is 0 Å². The summed E-state index contributed by atoms with van der Waals surface area (Å²) in [5.41, 5.74) is 6.92. The summed E-state index contributed by atoms with van der Waals surface area (Å²) < 4.78 is 24.7. The zero-order chi connectivity index (χ0) is 14.3. The summed E-state index contributed by atoms with van der Waals surface area (Å²) in [5, 5.41) is 9.46. The number of aliphatic hydroxyl groups is 1. The normalized spacial score (nSPS) is 13.2. The van der Waals surface area contributed by atoms with E-state index in [0.717, 1.165) is 5.56 Å². The largest absolute Gasteiger partial charge is 0.395 e. The van der Waals surface area contributed by atoms with Crippen LogP contribution in [0.1, 0.15) is 18.0 Å². The van der Waals surface area contributed by atoms with E-state index in [4.69, 9.17) is 22.4 Å². The Labute approximate surface area is 117 Å². The molecule has 1 unspecified atom stereocenters. The van der Waals surface area contributed by atoms with Crippen molar-refractivity contribution in [2.75, 3.05) is 26.2 Å². The van der Waals surface area contributed by atoms with Gasteiger partial charge in [-0.05, 0) is 24.1 Å². The Hall–Kier alpha value is -0.750. The van der Waals surface area contributed by atoms with Gasteiger partial charge in [-0.3, -0.25) is 4.90 Å². The van der Waals surface area contributed by atoms with Crippen LogP contribution in [0.25, 0.3) is 0 Å². The molecule has 0 heterocycles. The highest BCUT2D eigenvalue weighted by molar-refractivity contribution is 6.30. The van der Waals surface area contributed by atoms with Gasteiger partial charge in [0.2, 0.25) is 0 Å². The first-order valence-electron chi connectivity index (χ1n) is 6.15. The summed E-state index contributed by atoms with van der Waals surface area (Å²) in [4.78, 5) is 1.51. The fourth-order valence-corrected chi connectivity index (χ4v) is 1.96. The molecule has 0 aliphatic heterocycles. The number of halogens is 3. The van der Waals surface area contributed by atoms with E-state index < -0.39 is 6.43 Å². The molecule has 0 saturated heterocycles. The molecule has 1 atom stereocenters. The lowest BCUT2D eigenvalue weighted by Gasteiger charge is -2.22. The summed E-state index contributed by atoms with van der Waals surface area (Å²) in [6, 6.07) is 6.94. The maximum absolute atomic E-state index is 12.3. The van der Waals surface area contributed by atoms with Gasteiger partial charge in [-0.1, -0.05) is 23.7 Å². The first-order chi connectivity index (χ1) is 9.02. The van der Waals surface area contributed by atoms with Crippen molar-refractivity contribution in [1.82, 2.24) is 4.90 Å². The highest BCUT2D eigenvalue weighted by Crippen LogP contribution is 2.17. The van der Waals surface area contributed by atoms with E-state index in [1.54, 1.807) is 12.1 Å². The molecule has 0 spiro atoms. The molecule has 0 aliphatic carbocycles. The van der Waals surface area contributed by atoms with Crippen molar-refractivity contribution < 1.29 is 13.9 Å². The highest BCUT2D eigenvalue weighted by Gasteiger charge is 2.13. The monoisotopic (exact) mass is 292 g/mol. The van der Waals surface area contributed by atoms with E-state index >= 15 is 0 Å². The smallest absolute Gasteiger partial charge is 0.251 e. The van der Waals surface area contributed by atoms with Crippen molar-refractivity contribution in [2.24, 2.45) is 5.73 Å². The summed E-state index contributed by atoms with van der Waals surface area (Å²) in [5.74, 6) is 0. The third-order valence-electron chi connectivity index (χ3n) is 2.87. The third-order valence-corrected chi connectivity index (χ3v) is 3.12. The number of benzene rings is 1. The van der Waals surface area contributed by atoms with Crippen LogP contribution in [0.15, 0.2) is 24.3 Å². The minimum Gasteiger partial charge on any atom is -0.395 e. The average Bonchev–Trinajstić information content (AvgIpc) is 2.36. The minimum absolute atomic E-state index is 0.136. The molecule has 3 nitrogen and oxygen atoms in total. The van der Waals surface area contributed by atoms with Crippen LogP contribution in [-0.4, -0.2) is 42.7 Å². The zero-order valence-electron chi connectivity index (χ0n) is 10.6. The van der Waals surface area contributed by atoms with Crippen LogP contribution < -0.4 is 5.73 Å². The lowest BCUT2D eigenvalue weighted by atomic mass is 10.0. The molecule has 1 aromatic rings. The predicted molar refractivity (Wildman–Crippen MR) is 72.5 cm³/mol. The molecule has 0 bridgehead atoms. The van der Waals surface area contributed by atoms with E-state index in [1.165, 1.54) is 4.90 Å². The van der Waals surface area contributed by atoms with Gasteiger partial charge in [-0.15, -0.1) is 0 Å². The molecule has 1 aromatic carbocycles. The second-order valence-corrected chi connectivity index (χ2v) is 4.80. The Balaban J connectivity index is 2.46. The Morgan fingerprint density at radius 1 is 1.21 bits per heavy atom. The average molecular weight is 293 g/mol. The standard InChI is InChI=1S/C13H19ClF2N2O/c14-11-3-1-10(2-4-11)12(17)5-6-18(7-8-19)9-13(15)16/h1-4,12-13,19H,5-9,17H2. The van der Waals surface area contributed by atoms with Gasteiger partial charge < -0.3 is 10.8 Å². The number of aliphatic hydroxyl groups excluding tert-OH is 1. The van der Waals surface area contributed by atoms with Gasteiger partial charge in [0.25, 0.3) is 6.43 Å². The van der Waals surface area contributed by atoms with Crippen molar-refractivity contribution >= 4 is 11.6 Å². The van der Waals surface area contributed by atoms with Crippen LogP contribution in [0.4, 0.5) is 8.78 Å². The summed E-state index contributed by atoms with van der Waals surface area (Å²) in [6.07, 6.45) is -1.85. The van der Waals surface area contributed by atoms with E-state index in [2.05, 4.69) is 0 Å². The predicted octanol–water partition coefficient (Wildman–Crippen LogP) is 2.29. The van der Waals surface area contributed by atoms with E-state index in [1.807, 2.05) is 12.1 Å². The summed E-state index contributed by atoms with van der Waals surface area (Å²) >= 11 is 5.78. The zero-order valence-corrected chi connectivity index (χ0v) is 11.4. The van der Waals surface area contributed by atoms with Crippen molar-refractivity contribution in [3.05, 3.63) is 34.9 Å². The molecule has 0 radical (unpaired) electrons. The Bertz CT molecular complexity index is 362. The lowest BCUT2D eigenvalue weighted by Crippen LogP contribution is -2.34. The van der Waals surface area contributed by atoms with Crippen molar-refractivity contribution in [1.29, 1.82) is 0 Å². The molecule has 19 heavy (non-hydrogen) atoms. The Morgan fingerprint density at radius 3 is 2.37 bits per heavy atom. The molecule has 0 fully saturated rings. The molecular formula is C13H19ClF2N2O. The Morgan fingerprint density at radius 2 is 1.84 bits per heavy atom. The number of nitrogens with zero attached hydrogens (tertiary/aromatic N) is 1. The minimum atomic E-state index is -2.40. The van der Waals surface area contributed by atoms with Gasteiger partial charge in [0.05, 0.1) is 13.2 Å². The van der Waals surface area contributed by atoms with Gasteiger partial charge in [0, 0.05) is 24.2 Å². The van der Waals surface area contributed by atoms with Crippen LogP contribution in [0.5, 0.6) is 0 Å². The Kier molecular flexibility index (Phi) is 7.23. The van der Waals surface area contributed by atoms with Gasteiger partial charge in [-0.25, -0.2) is 8.78 Å². The first kappa shape index (κ1) is 16.3. The number of rotatable bonds is 8. The fraction of sp³-hybridized carbons (Fsp3) is 0.538.